The number of aryl methyl sites for hydroxylation is 1. The van der Waals surface area contributed by atoms with Crippen molar-refractivity contribution in [3.8, 4) is 0 Å². The molecule has 2 rings (SSSR count). The van der Waals surface area contributed by atoms with Crippen LogP contribution in [0, 0.1) is 5.92 Å². The van der Waals surface area contributed by atoms with Gasteiger partial charge in [-0.2, -0.15) is 0 Å². The van der Waals surface area contributed by atoms with Crippen molar-refractivity contribution < 1.29 is 0 Å². The highest BCUT2D eigenvalue weighted by Crippen LogP contribution is 2.31. The normalized spacial score (nSPS) is 17.4. The number of hydrogen-bond donors (Lipinski definition) is 1. The molecule has 1 heteroatoms. The summed E-state index contributed by atoms with van der Waals surface area (Å²) in [6.07, 6.45) is 9.69. The predicted molar refractivity (Wildman–Crippen MR) is 78.8 cm³/mol. The first-order valence-corrected chi connectivity index (χ1v) is 7.65. The van der Waals surface area contributed by atoms with Crippen LogP contribution in [0.25, 0.3) is 0 Å². The Kier molecular flexibility index (Phi) is 5.73. The topological polar surface area (TPSA) is 12.0 Å². The maximum atomic E-state index is 3.67. The van der Waals surface area contributed by atoms with Gasteiger partial charge in [0.05, 0.1) is 0 Å². The molecular formula is C17H27N. The lowest BCUT2D eigenvalue weighted by Gasteiger charge is -2.30. The number of nitrogens with one attached hydrogen (secondary N) is 1. The summed E-state index contributed by atoms with van der Waals surface area (Å²) >= 11 is 0. The molecular weight excluding hydrogens is 218 g/mol. The molecule has 1 saturated carbocycles. The summed E-state index contributed by atoms with van der Waals surface area (Å²) in [7, 11) is 0. The van der Waals surface area contributed by atoms with Crippen molar-refractivity contribution in [3.63, 3.8) is 0 Å². The molecule has 0 amide bonds. The fourth-order valence-electron chi connectivity index (χ4n) is 2.92. The molecule has 0 heterocycles. The Bertz CT molecular complexity index is 316. The van der Waals surface area contributed by atoms with E-state index in [2.05, 4.69) is 42.6 Å². The zero-order valence-corrected chi connectivity index (χ0v) is 11.7. The van der Waals surface area contributed by atoms with Gasteiger partial charge >= 0.3 is 0 Å². The van der Waals surface area contributed by atoms with E-state index >= 15 is 0 Å². The van der Waals surface area contributed by atoms with Crippen LogP contribution in [0.5, 0.6) is 0 Å². The Hall–Kier alpha value is -0.820. The molecule has 0 aromatic heterocycles. The van der Waals surface area contributed by atoms with Crippen LogP contribution in [-0.2, 0) is 6.42 Å². The Labute approximate surface area is 112 Å². The lowest BCUT2D eigenvalue weighted by molar-refractivity contribution is 0.254. The molecule has 1 atom stereocenters. The molecule has 1 aliphatic rings. The van der Waals surface area contributed by atoms with E-state index in [0.29, 0.717) is 0 Å². The van der Waals surface area contributed by atoms with E-state index in [1.807, 2.05) is 0 Å². The van der Waals surface area contributed by atoms with E-state index < -0.39 is 0 Å². The number of rotatable bonds is 8. The van der Waals surface area contributed by atoms with Crippen molar-refractivity contribution >= 4 is 0 Å². The molecule has 0 radical (unpaired) electrons. The fraction of sp³-hybridized carbons (Fsp3) is 0.647. The molecule has 18 heavy (non-hydrogen) atoms. The average molecular weight is 245 g/mol. The lowest BCUT2D eigenvalue weighted by atomic mass is 9.80. The highest BCUT2D eigenvalue weighted by atomic mass is 14.9. The van der Waals surface area contributed by atoms with Gasteiger partial charge in [0.1, 0.15) is 0 Å². The van der Waals surface area contributed by atoms with Gasteiger partial charge in [0.2, 0.25) is 0 Å². The molecule has 1 aromatic carbocycles. The molecule has 0 bridgehead atoms. The minimum absolute atomic E-state index is 0.754. The standard InChI is InChI=1S/C17H27N/c1-2-18-17(14-16-11-6-12-16)13-7-10-15-8-4-3-5-9-15/h3-5,8-9,16-18H,2,6-7,10-14H2,1H3. The molecule has 1 fully saturated rings. The summed E-state index contributed by atoms with van der Waals surface area (Å²) in [5.41, 5.74) is 1.48. The summed E-state index contributed by atoms with van der Waals surface area (Å²) in [4.78, 5) is 0. The van der Waals surface area contributed by atoms with Crippen LogP contribution in [0.3, 0.4) is 0 Å². The van der Waals surface area contributed by atoms with Crippen LogP contribution in [-0.4, -0.2) is 12.6 Å². The SMILES string of the molecule is CCNC(CCCc1ccccc1)CC1CCC1. The predicted octanol–water partition coefficient (Wildman–Crippen LogP) is 4.18. The Morgan fingerprint density at radius 2 is 2.00 bits per heavy atom. The van der Waals surface area contributed by atoms with Crippen LogP contribution < -0.4 is 5.32 Å². The second-order valence-corrected chi connectivity index (χ2v) is 5.67. The van der Waals surface area contributed by atoms with Crippen LogP contribution >= 0.6 is 0 Å². The summed E-state index contributed by atoms with van der Waals surface area (Å²) < 4.78 is 0. The van der Waals surface area contributed by atoms with Crippen LogP contribution in [0.4, 0.5) is 0 Å². The summed E-state index contributed by atoms with van der Waals surface area (Å²) in [5, 5.41) is 3.67. The minimum atomic E-state index is 0.754. The molecule has 1 aliphatic carbocycles. The van der Waals surface area contributed by atoms with E-state index in [4.69, 9.17) is 0 Å². The van der Waals surface area contributed by atoms with Gasteiger partial charge in [0.15, 0.2) is 0 Å². The third kappa shape index (κ3) is 4.45. The van der Waals surface area contributed by atoms with Gasteiger partial charge in [-0.05, 0) is 43.7 Å². The van der Waals surface area contributed by atoms with Crippen molar-refractivity contribution in [2.75, 3.05) is 6.54 Å². The first-order valence-electron chi connectivity index (χ1n) is 7.65. The van der Waals surface area contributed by atoms with Crippen molar-refractivity contribution in [2.24, 2.45) is 5.92 Å². The quantitative estimate of drug-likeness (QED) is 0.724. The molecule has 1 unspecified atom stereocenters. The zero-order valence-electron chi connectivity index (χ0n) is 11.7. The maximum Gasteiger partial charge on any atom is 0.00696 e. The highest BCUT2D eigenvalue weighted by Gasteiger charge is 2.21. The molecule has 0 spiro atoms. The van der Waals surface area contributed by atoms with E-state index in [1.54, 1.807) is 0 Å². The number of hydrogen-bond acceptors (Lipinski definition) is 1. The van der Waals surface area contributed by atoms with Crippen molar-refractivity contribution in [3.05, 3.63) is 35.9 Å². The third-order valence-corrected chi connectivity index (χ3v) is 4.20. The summed E-state index contributed by atoms with van der Waals surface area (Å²) in [6, 6.07) is 11.6. The highest BCUT2D eigenvalue weighted by molar-refractivity contribution is 5.14. The first-order chi connectivity index (χ1) is 8.88. The van der Waals surface area contributed by atoms with Gasteiger partial charge in [-0.25, -0.2) is 0 Å². The third-order valence-electron chi connectivity index (χ3n) is 4.20. The maximum absolute atomic E-state index is 3.67. The largest absolute Gasteiger partial charge is 0.314 e. The molecule has 0 saturated heterocycles. The van der Waals surface area contributed by atoms with E-state index in [9.17, 15) is 0 Å². The minimum Gasteiger partial charge on any atom is -0.314 e. The molecule has 0 aliphatic heterocycles. The first kappa shape index (κ1) is 13.6. The van der Waals surface area contributed by atoms with E-state index in [1.165, 1.54) is 50.5 Å². The second kappa shape index (κ2) is 7.58. The molecule has 1 aromatic rings. The summed E-state index contributed by atoms with van der Waals surface area (Å²) in [5.74, 6) is 1.02. The molecule has 1 nitrogen and oxygen atoms in total. The van der Waals surface area contributed by atoms with Crippen molar-refractivity contribution in [1.29, 1.82) is 0 Å². The van der Waals surface area contributed by atoms with Crippen molar-refractivity contribution in [1.82, 2.24) is 5.32 Å². The Balaban J connectivity index is 1.68. The monoisotopic (exact) mass is 245 g/mol. The van der Waals surface area contributed by atoms with Gasteiger partial charge in [0.25, 0.3) is 0 Å². The summed E-state index contributed by atoms with van der Waals surface area (Å²) in [6.45, 7) is 3.34. The van der Waals surface area contributed by atoms with Gasteiger partial charge in [-0.3, -0.25) is 0 Å². The van der Waals surface area contributed by atoms with Crippen molar-refractivity contribution in [2.45, 2.75) is 57.9 Å². The Morgan fingerprint density at radius 3 is 2.61 bits per heavy atom. The van der Waals surface area contributed by atoms with Crippen LogP contribution in [0.1, 0.15) is 51.0 Å². The van der Waals surface area contributed by atoms with Gasteiger partial charge in [0, 0.05) is 6.04 Å². The number of benzene rings is 1. The van der Waals surface area contributed by atoms with E-state index in [0.717, 1.165) is 18.5 Å². The smallest absolute Gasteiger partial charge is 0.00696 e. The fourth-order valence-corrected chi connectivity index (χ4v) is 2.92. The molecule has 100 valence electrons. The molecule has 1 N–H and O–H groups in total. The van der Waals surface area contributed by atoms with Gasteiger partial charge in [-0.15, -0.1) is 0 Å². The van der Waals surface area contributed by atoms with Crippen LogP contribution in [0.15, 0.2) is 30.3 Å². The van der Waals surface area contributed by atoms with Gasteiger partial charge in [-0.1, -0.05) is 56.5 Å². The Morgan fingerprint density at radius 1 is 1.22 bits per heavy atom. The second-order valence-electron chi connectivity index (χ2n) is 5.67. The van der Waals surface area contributed by atoms with Crippen LogP contribution in [0.2, 0.25) is 0 Å². The average Bonchev–Trinajstić information content (AvgIpc) is 2.35. The van der Waals surface area contributed by atoms with E-state index in [-0.39, 0.29) is 0 Å². The zero-order chi connectivity index (χ0) is 12.6. The lowest BCUT2D eigenvalue weighted by Crippen LogP contribution is -2.32. The van der Waals surface area contributed by atoms with Gasteiger partial charge < -0.3 is 5.32 Å².